The van der Waals surface area contributed by atoms with Crippen molar-refractivity contribution in [2.75, 3.05) is 13.6 Å². The first-order chi connectivity index (χ1) is 7.97. The van der Waals surface area contributed by atoms with Gasteiger partial charge < -0.3 is 10.2 Å². The van der Waals surface area contributed by atoms with Gasteiger partial charge in [-0.15, -0.1) is 11.3 Å². The number of aryl methyl sites for hydroxylation is 2. The van der Waals surface area contributed by atoms with Gasteiger partial charge in [-0.25, -0.2) is 4.98 Å². The van der Waals surface area contributed by atoms with Gasteiger partial charge in [-0.1, -0.05) is 0 Å². The summed E-state index contributed by atoms with van der Waals surface area (Å²) in [6.45, 7) is 4.28. The van der Waals surface area contributed by atoms with Crippen LogP contribution in [0.2, 0.25) is 0 Å². The van der Waals surface area contributed by atoms with E-state index < -0.39 is 0 Å². The maximum atomic E-state index is 12.0. The van der Waals surface area contributed by atoms with Gasteiger partial charge in [0.25, 0.3) is 5.91 Å². The van der Waals surface area contributed by atoms with Crippen LogP contribution >= 0.6 is 11.3 Å². The van der Waals surface area contributed by atoms with Crippen molar-refractivity contribution in [2.45, 2.75) is 26.3 Å². The number of nitrogens with zero attached hydrogens (tertiary/aromatic N) is 2. The summed E-state index contributed by atoms with van der Waals surface area (Å²) in [5, 5.41) is 3.76. The van der Waals surface area contributed by atoms with E-state index in [0.29, 0.717) is 17.8 Å². The second-order valence-corrected chi connectivity index (χ2v) is 5.50. The SMILES string of the molecule is Cc1nc(C)c(C(=O)N[C@@H]2CC(=O)N(C)C2)s1. The van der Waals surface area contributed by atoms with Gasteiger partial charge in [0.2, 0.25) is 5.91 Å². The van der Waals surface area contributed by atoms with Crippen LogP contribution in [0.5, 0.6) is 0 Å². The predicted octanol–water partition coefficient (Wildman–Crippen LogP) is 0.720. The standard InChI is InChI=1S/C11H15N3O2S/c1-6-10(17-7(2)12-6)11(16)13-8-4-9(15)14(3)5-8/h8H,4-5H2,1-3H3,(H,13,16)/t8-/m1/s1. The van der Waals surface area contributed by atoms with Crippen LogP contribution in [-0.2, 0) is 4.79 Å². The molecule has 1 aromatic rings. The molecule has 5 nitrogen and oxygen atoms in total. The largest absolute Gasteiger partial charge is 0.346 e. The predicted molar refractivity (Wildman–Crippen MR) is 65.1 cm³/mol. The first kappa shape index (κ1) is 12.0. The summed E-state index contributed by atoms with van der Waals surface area (Å²) in [6, 6.07) is -0.0817. The highest BCUT2D eigenvalue weighted by molar-refractivity contribution is 7.13. The van der Waals surface area contributed by atoms with E-state index in [4.69, 9.17) is 0 Å². The number of likely N-dealkylation sites (tertiary alicyclic amines) is 1. The van der Waals surface area contributed by atoms with Gasteiger partial charge in [-0.2, -0.15) is 0 Å². The van der Waals surface area contributed by atoms with Gasteiger partial charge >= 0.3 is 0 Å². The lowest BCUT2D eigenvalue weighted by Crippen LogP contribution is -2.36. The molecule has 2 rings (SSSR count). The van der Waals surface area contributed by atoms with Gasteiger partial charge in [0, 0.05) is 20.0 Å². The van der Waals surface area contributed by atoms with E-state index >= 15 is 0 Å². The number of hydrogen-bond acceptors (Lipinski definition) is 4. The van der Waals surface area contributed by atoms with Gasteiger partial charge in [-0.05, 0) is 13.8 Å². The molecule has 2 heterocycles. The van der Waals surface area contributed by atoms with E-state index in [0.717, 1.165) is 10.7 Å². The number of nitrogens with one attached hydrogen (secondary N) is 1. The first-order valence-electron chi connectivity index (χ1n) is 5.46. The Bertz CT molecular complexity index is 469. The molecule has 1 aromatic heterocycles. The van der Waals surface area contributed by atoms with Crippen molar-refractivity contribution < 1.29 is 9.59 Å². The van der Waals surface area contributed by atoms with Crippen LogP contribution in [0, 0.1) is 13.8 Å². The van der Waals surface area contributed by atoms with E-state index in [2.05, 4.69) is 10.3 Å². The average Bonchev–Trinajstić information content (AvgIpc) is 2.71. The molecular weight excluding hydrogens is 238 g/mol. The summed E-state index contributed by atoms with van der Waals surface area (Å²) in [4.78, 5) is 29.8. The monoisotopic (exact) mass is 253 g/mol. The minimum atomic E-state index is -0.124. The fourth-order valence-electron chi connectivity index (χ4n) is 1.95. The number of aromatic nitrogens is 1. The smallest absolute Gasteiger partial charge is 0.263 e. The molecule has 1 fully saturated rings. The van der Waals surface area contributed by atoms with Crippen LogP contribution in [-0.4, -0.2) is 41.3 Å². The second-order valence-electron chi connectivity index (χ2n) is 4.30. The van der Waals surface area contributed by atoms with E-state index in [1.165, 1.54) is 11.3 Å². The molecule has 1 aliphatic heterocycles. The summed E-state index contributed by atoms with van der Waals surface area (Å²) < 4.78 is 0. The zero-order valence-electron chi connectivity index (χ0n) is 10.1. The Balaban J connectivity index is 2.03. The maximum absolute atomic E-state index is 12.0. The molecule has 0 aromatic carbocycles. The van der Waals surface area contributed by atoms with Crippen molar-refractivity contribution in [3.05, 3.63) is 15.6 Å². The molecule has 1 aliphatic rings. The van der Waals surface area contributed by atoms with Gasteiger partial charge in [0.05, 0.1) is 16.7 Å². The van der Waals surface area contributed by atoms with Gasteiger partial charge in [-0.3, -0.25) is 9.59 Å². The molecule has 1 atom stereocenters. The molecule has 0 spiro atoms. The Morgan fingerprint density at radius 3 is 2.71 bits per heavy atom. The molecule has 0 saturated carbocycles. The number of likely N-dealkylation sites (N-methyl/N-ethyl adjacent to an activating group) is 1. The summed E-state index contributed by atoms with van der Waals surface area (Å²) >= 11 is 1.39. The lowest BCUT2D eigenvalue weighted by molar-refractivity contribution is -0.126. The highest BCUT2D eigenvalue weighted by Gasteiger charge is 2.28. The number of thiazole rings is 1. The second kappa shape index (κ2) is 4.44. The molecular formula is C11H15N3O2S. The molecule has 92 valence electrons. The van der Waals surface area contributed by atoms with Crippen molar-refractivity contribution in [1.82, 2.24) is 15.2 Å². The Hall–Kier alpha value is -1.43. The summed E-state index contributed by atoms with van der Waals surface area (Å²) in [5.41, 5.74) is 0.752. The van der Waals surface area contributed by atoms with Crippen LogP contribution in [0.3, 0.4) is 0 Å². The fourth-order valence-corrected chi connectivity index (χ4v) is 2.78. The lowest BCUT2D eigenvalue weighted by atomic mass is 10.2. The Labute approximate surface area is 104 Å². The topological polar surface area (TPSA) is 62.3 Å². The fraction of sp³-hybridized carbons (Fsp3) is 0.545. The average molecular weight is 253 g/mol. The highest BCUT2D eigenvalue weighted by Crippen LogP contribution is 2.18. The molecule has 1 saturated heterocycles. The third-order valence-corrected chi connectivity index (χ3v) is 3.86. The Morgan fingerprint density at radius 2 is 2.24 bits per heavy atom. The Morgan fingerprint density at radius 1 is 1.53 bits per heavy atom. The van der Waals surface area contributed by atoms with Crippen LogP contribution < -0.4 is 5.32 Å². The Kier molecular flexibility index (Phi) is 3.15. The summed E-state index contributed by atoms with van der Waals surface area (Å²) in [5.74, 6) is -0.0475. The van der Waals surface area contributed by atoms with Crippen LogP contribution in [0.15, 0.2) is 0 Å². The van der Waals surface area contributed by atoms with Crippen LogP contribution in [0.25, 0.3) is 0 Å². The van der Waals surface area contributed by atoms with Crippen LogP contribution in [0.1, 0.15) is 26.8 Å². The minimum Gasteiger partial charge on any atom is -0.346 e. The molecule has 1 N–H and O–H groups in total. The zero-order valence-corrected chi connectivity index (χ0v) is 10.9. The molecule has 0 radical (unpaired) electrons. The number of carbonyl (C=O) groups excluding carboxylic acids is 2. The van der Waals surface area contributed by atoms with Crippen molar-refractivity contribution in [3.63, 3.8) is 0 Å². The molecule has 0 unspecified atom stereocenters. The zero-order chi connectivity index (χ0) is 12.6. The summed E-state index contributed by atoms with van der Waals surface area (Å²) in [6.07, 6.45) is 0.388. The molecule has 0 bridgehead atoms. The van der Waals surface area contributed by atoms with Crippen molar-refractivity contribution >= 4 is 23.2 Å². The normalized spacial score (nSPS) is 19.8. The number of carbonyl (C=O) groups is 2. The molecule has 2 amide bonds. The van der Waals surface area contributed by atoms with Gasteiger partial charge in [0.15, 0.2) is 0 Å². The molecule has 6 heteroatoms. The number of amides is 2. The van der Waals surface area contributed by atoms with E-state index in [1.807, 2.05) is 13.8 Å². The number of rotatable bonds is 2. The molecule has 0 aliphatic carbocycles. The summed E-state index contributed by atoms with van der Waals surface area (Å²) in [7, 11) is 1.75. The lowest BCUT2D eigenvalue weighted by Gasteiger charge is -2.11. The van der Waals surface area contributed by atoms with Gasteiger partial charge in [0.1, 0.15) is 4.88 Å². The third-order valence-electron chi connectivity index (χ3n) is 2.79. The van der Waals surface area contributed by atoms with Crippen molar-refractivity contribution in [3.8, 4) is 0 Å². The van der Waals surface area contributed by atoms with E-state index in [1.54, 1.807) is 11.9 Å². The quantitative estimate of drug-likeness (QED) is 0.844. The maximum Gasteiger partial charge on any atom is 0.263 e. The highest BCUT2D eigenvalue weighted by atomic mass is 32.1. The minimum absolute atomic E-state index is 0.0764. The van der Waals surface area contributed by atoms with E-state index in [-0.39, 0.29) is 17.9 Å². The van der Waals surface area contributed by atoms with E-state index in [9.17, 15) is 9.59 Å². The van der Waals surface area contributed by atoms with Crippen molar-refractivity contribution in [2.24, 2.45) is 0 Å². The number of hydrogen-bond donors (Lipinski definition) is 1. The van der Waals surface area contributed by atoms with Crippen molar-refractivity contribution in [1.29, 1.82) is 0 Å². The van der Waals surface area contributed by atoms with Crippen LogP contribution in [0.4, 0.5) is 0 Å². The first-order valence-corrected chi connectivity index (χ1v) is 6.28. The molecule has 17 heavy (non-hydrogen) atoms. The third kappa shape index (κ3) is 2.46.